The van der Waals surface area contributed by atoms with E-state index >= 15 is 0 Å². The van der Waals surface area contributed by atoms with Crippen molar-refractivity contribution in [2.24, 2.45) is 5.73 Å². The fraction of sp³-hybridized carbons (Fsp3) is 0.250. The third-order valence-corrected chi connectivity index (χ3v) is 1.87. The molecule has 0 spiro atoms. The Kier molecular flexibility index (Phi) is 3.11. The van der Waals surface area contributed by atoms with Crippen LogP contribution < -0.4 is 10.5 Å². The van der Waals surface area contributed by atoms with Gasteiger partial charge >= 0.3 is 0 Å². The van der Waals surface area contributed by atoms with E-state index in [-0.39, 0.29) is 11.3 Å². The first kappa shape index (κ1) is 10.3. The average molecular weight is 205 g/mol. The van der Waals surface area contributed by atoms with Crippen LogP contribution >= 0.6 is 12.6 Å². The van der Waals surface area contributed by atoms with Gasteiger partial charge in [0.05, 0.1) is 12.5 Å². The van der Waals surface area contributed by atoms with Crippen LogP contribution in [0.2, 0.25) is 0 Å². The zero-order valence-corrected chi connectivity index (χ0v) is 7.82. The average Bonchev–Trinajstić information content (AvgIpc) is 2.07. The molecule has 0 fully saturated rings. The van der Waals surface area contributed by atoms with Crippen LogP contribution in [-0.4, -0.2) is 7.11 Å². The van der Waals surface area contributed by atoms with Crippen molar-refractivity contribution in [3.63, 3.8) is 0 Å². The fourth-order valence-electron chi connectivity index (χ4n) is 0.927. The maximum atomic E-state index is 13.1. The van der Waals surface area contributed by atoms with E-state index < -0.39 is 17.0 Å². The van der Waals surface area contributed by atoms with E-state index in [1.54, 1.807) is 0 Å². The highest BCUT2D eigenvalue weighted by molar-refractivity contribution is 7.80. The molecular formula is C8H9F2NOS. The van der Waals surface area contributed by atoms with Gasteiger partial charge in [-0.2, -0.15) is 12.6 Å². The number of ether oxygens (including phenoxy) is 1. The van der Waals surface area contributed by atoms with E-state index in [0.717, 1.165) is 12.1 Å². The lowest BCUT2D eigenvalue weighted by molar-refractivity contribution is 0.382. The summed E-state index contributed by atoms with van der Waals surface area (Å²) in [7, 11) is 1.26. The maximum Gasteiger partial charge on any atom is 0.165 e. The van der Waals surface area contributed by atoms with Gasteiger partial charge in [0.25, 0.3) is 0 Å². The van der Waals surface area contributed by atoms with Gasteiger partial charge in [-0.3, -0.25) is 0 Å². The SMILES string of the molecule is COc1cc(F)c(C(N)S)cc1F. The molecule has 0 amide bonds. The number of halogens is 2. The van der Waals surface area contributed by atoms with Gasteiger partial charge in [0, 0.05) is 11.6 Å². The molecule has 0 heterocycles. The molecule has 0 bridgehead atoms. The Morgan fingerprint density at radius 1 is 1.38 bits per heavy atom. The molecule has 1 rings (SSSR count). The number of methoxy groups -OCH3 is 1. The Bertz CT molecular complexity index is 317. The van der Waals surface area contributed by atoms with Crippen LogP contribution in [0.4, 0.5) is 8.78 Å². The molecule has 1 unspecified atom stereocenters. The standard InChI is InChI=1S/C8H9F2NOS/c1-12-7-3-5(9)4(8(11)13)2-6(7)10/h2-3,8,13H,11H2,1H3. The van der Waals surface area contributed by atoms with Crippen molar-refractivity contribution >= 4 is 12.6 Å². The summed E-state index contributed by atoms with van der Waals surface area (Å²) in [6.07, 6.45) is 0. The number of benzene rings is 1. The minimum Gasteiger partial charge on any atom is -0.494 e. The second-order valence-electron chi connectivity index (χ2n) is 2.45. The summed E-state index contributed by atoms with van der Waals surface area (Å²) < 4.78 is 30.7. The molecule has 0 radical (unpaired) electrons. The number of thiol groups is 1. The van der Waals surface area contributed by atoms with Gasteiger partial charge in [-0.05, 0) is 6.07 Å². The third-order valence-electron chi connectivity index (χ3n) is 1.59. The van der Waals surface area contributed by atoms with Crippen LogP contribution in [-0.2, 0) is 0 Å². The van der Waals surface area contributed by atoms with Crippen molar-refractivity contribution in [2.45, 2.75) is 5.37 Å². The molecule has 1 atom stereocenters. The number of nitrogens with two attached hydrogens (primary N) is 1. The first-order valence-electron chi connectivity index (χ1n) is 3.53. The molecule has 0 aliphatic carbocycles. The van der Waals surface area contributed by atoms with E-state index in [4.69, 9.17) is 5.73 Å². The molecule has 1 aromatic rings. The Morgan fingerprint density at radius 2 is 2.00 bits per heavy atom. The highest BCUT2D eigenvalue weighted by Gasteiger charge is 2.13. The van der Waals surface area contributed by atoms with Gasteiger partial charge in [-0.25, -0.2) is 8.78 Å². The van der Waals surface area contributed by atoms with Crippen molar-refractivity contribution in [1.82, 2.24) is 0 Å². The largest absolute Gasteiger partial charge is 0.494 e. The van der Waals surface area contributed by atoms with Gasteiger partial charge < -0.3 is 10.5 Å². The zero-order chi connectivity index (χ0) is 10.0. The molecule has 2 N–H and O–H groups in total. The normalized spacial score (nSPS) is 12.7. The monoisotopic (exact) mass is 205 g/mol. The highest BCUT2D eigenvalue weighted by Crippen LogP contribution is 2.25. The van der Waals surface area contributed by atoms with Gasteiger partial charge in [0.1, 0.15) is 5.82 Å². The van der Waals surface area contributed by atoms with Gasteiger partial charge in [0.2, 0.25) is 0 Å². The molecule has 2 nitrogen and oxygen atoms in total. The summed E-state index contributed by atoms with van der Waals surface area (Å²) in [6, 6.07) is 1.92. The topological polar surface area (TPSA) is 35.2 Å². The van der Waals surface area contributed by atoms with Crippen molar-refractivity contribution in [3.05, 3.63) is 29.3 Å². The second kappa shape index (κ2) is 3.93. The predicted molar refractivity (Wildman–Crippen MR) is 48.8 cm³/mol. The number of rotatable bonds is 2. The van der Waals surface area contributed by atoms with Crippen LogP contribution in [0, 0.1) is 11.6 Å². The fourth-order valence-corrected chi connectivity index (χ4v) is 1.12. The Hall–Kier alpha value is -0.810. The zero-order valence-electron chi connectivity index (χ0n) is 6.92. The van der Waals surface area contributed by atoms with E-state index in [1.807, 2.05) is 0 Å². The van der Waals surface area contributed by atoms with Crippen LogP contribution in [0.25, 0.3) is 0 Å². The molecule has 0 aliphatic rings. The van der Waals surface area contributed by atoms with Crippen LogP contribution in [0.5, 0.6) is 5.75 Å². The third kappa shape index (κ3) is 2.10. The smallest absolute Gasteiger partial charge is 0.165 e. The second-order valence-corrected chi connectivity index (χ2v) is 3.01. The Morgan fingerprint density at radius 3 is 2.46 bits per heavy atom. The summed E-state index contributed by atoms with van der Waals surface area (Å²) in [5.74, 6) is -1.42. The number of hydrogen-bond donors (Lipinski definition) is 2. The highest BCUT2D eigenvalue weighted by atomic mass is 32.1. The molecule has 5 heteroatoms. The molecule has 72 valence electrons. The molecule has 0 aromatic heterocycles. The van der Waals surface area contributed by atoms with Crippen molar-refractivity contribution < 1.29 is 13.5 Å². The molecular weight excluding hydrogens is 196 g/mol. The lowest BCUT2D eigenvalue weighted by atomic mass is 10.2. The summed E-state index contributed by atoms with van der Waals surface area (Å²) in [5.41, 5.74) is 5.31. The van der Waals surface area contributed by atoms with E-state index in [0.29, 0.717) is 0 Å². The first-order valence-corrected chi connectivity index (χ1v) is 4.04. The van der Waals surface area contributed by atoms with Gasteiger partial charge in [-0.1, -0.05) is 0 Å². The van der Waals surface area contributed by atoms with Crippen molar-refractivity contribution in [1.29, 1.82) is 0 Å². The van der Waals surface area contributed by atoms with Crippen LogP contribution in [0.3, 0.4) is 0 Å². The maximum absolute atomic E-state index is 13.1. The minimum absolute atomic E-state index is 0.0154. The molecule has 13 heavy (non-hydrogen) atoms. The van der Waals surface area contributed by atoms with E-state index in [2.05, 4.69) is 17.4 Å². The lowest BCUT2D eigenvalue weighted by Crippen LogP contribution is -2.06. The van der Waals surface area contributed by atoms with E-state index in [9.17, 15) is 8.78 Å². The molecule has 0 saturated carbocycles. The molecule has 1 aromatic carbocycles. The summed E-state index contributed by atoms with van der Waals surface area (Å²) in [6.45, 7) is 0. The Balaban J connectivity index is 3.20. The summed E-state index contributed by atoms with van der Waals surface area (Å²) >= 11 is 3.80. The molecule has 0 aliphatic heterocycles. The van der Waals surface area contributed by atoms with Crippen LogP contribution in [0.15, 0.2) is 12.1 Å². The summed E-state index contributed by atoms with van der Waals surface area (Å²) in [5, 5.41) is -0.833. The van der Waals surface area contributed by atoms with Crippen LogP contribution in [0.1, 0.15) is 10.9 Å². The molecule has 0 saturated heterocycles. The van der Waals surface area contributed by atoms with E-state index in [1.165, 1.54) is 7.11 Å². The lowest BCUT2D eigenvalue weighted by Gasteiger charge is -2.08. The summed E-state index contributed by atoms with van der Waals surface area (Å²) in [4.78, 5) is 0. The predicted octanol–water partition coefficient (Wildman–Crippen LogP) is 1.86. The van der Waals surface area contributed by atoms with Crippen molar-refractivity contribution in [3.8, 4) is 5.75 Å². The Labute approximate surface area is 80.1 Å². The van der Waals surface area contributed by atoms with Gasteiger partial charge in [-0.15, -0.1) is 0 Å². The van der Waals surface area contributed by atoms with Crippen molar-refractivity contribution in [2.75, 3.05) is 7.11 Å². The minimum atomic E-state index is -0.833. The quantitative estimate of drug-likeness (QED) is 0.571. The van der Waals surface area contributed by atoms with Gasteiger partial charge in [0.15, 0.2) is 11.6 Å². The first-order chi connectivity index (χ1) is 6.06. The number of hydrogen-bond acceptors (Lipinski definition) is 3.